The fourth-order valence-corrected chi connectivity index (χ4v) is 5.59. The van der Waals surface area contributed by atoms with Crippen LogP contribution in [0.2, 0.25) is 10.0 Å². The predicted octanol–water partition coefficient (Wildman–Crippen LogP) is 7.41. The molecule has 1 N–H and O–H groups in total. The Morgan fingerprint density at radius 2 is 1.59 bits per heavy atom. The highest BCUT2D eigenvalue weighted by Gasteiger charge is 2.30. The van der Waals surface area contributed by atoms with E-state index in [9.17, 15) is 4.79 Å². The third-order valence-electron chi connectivity index (χ3n) is 7.31. The quantitative estimate of drug-likeness (QED) is 0.338. The number of nitrogens with zero attached hydrogens (tertiary/aromatic N) is 3. The number of aromatic nitrogens is 2. The van der Waals surface area contributed by atoms with Crippen molar-refractivity contribution in [1.29, 1.82) is 0 Å². The largest absolute Gasteiger partial charge is 0.439 e. The Bertz CT molecular complexity index is 1200. The molecule has 2 heterocycles. The zero-order chi connectivity index (χ0) is 25.6. The summed E-state index contributed by atoms with van der Waals surface area (Å²) in [7, 11) is 0. The van der Waals surface area contributed by atoms with Gasteiger partial charge in [-0.05, 0) is 62.1 Å². The van der Waals surface area contributed by atoms with Gasteiger partial charge in [-0.2, -0.15) is 9.78 Å². The van der Waals surface area contributed by atoms with Gasteiger partial charge in [0.25, 0.3) is 5.91 Å². The lowest BCUT2D eigenvalue weighted by Crippen LogP contribution is -2.32. The number of likely N-dealkylation sites (tertiary alicyclic amines) is 1. The maximum atomic E-state index is 13.7. The maximum Gasteiger partial charge on any atom is 0.274 e. The smallest absolute Gasteiger partial charge is 0.274 e. The van der Waals surface area contributed by atoms with Crippen molar-refractivity contribution in [3.05, 3.63) is 69.8 Å². The number of amides is 1. The summed E-state index contributed by atoms with van der Waals surface area (Å²) < 4.78 is 8.13. The van der Waals surface area contributed by atoms with Gasteiger partial charge in [-0.25, -0.2) is 0 Å². The standard InChI is InChI=1S/C29H34Cl2N4O2/c30-21-14-16-23(17-15-21)37-29-24(20-32-22-10-4-2-1-3-5-11-22)27(28(36)34-18-8-9-19-34)33-35(29)26-13-7-6-12-25(26)31/h6-7,12-17,22,32H,1-5,8-11,18-20H2. The van der Waals surface area contributed by atoms with Crippen molar-refractivity contribution in [2.24, 2.45) is 0 Å². The Kier molecular flexibility index (Phi) is 8.70. The molecule has 0 unspecified atom stereocenters. The lowest BCUT2D eigenvalue weighted by atomic mass is 9.96. The highest BCUT2D eigenvalue weighted by atomic mass is 35.5. The molecule has 2 fully saturated rings. The van der Waals surface area contributed by atoms with E-state index < -0.39 is 0 Å². The van der Waals surface area contributed by atoms with Crippen LogP contribution in [0.5, 0.6) is 11.6 Å². The number of halogens is 2. The first-order chi connectivity index (χ1) is 18.1. The second-order valence-corrected chi connectivity index (χ2v) is 10.8. The van der Waals surface area contributed by atoms with Gasteiger partial charge in [0.15, 0.2) is 5.69 Å². The zero-order valence-corrected chi connectivity index (χ0v) is 22.6. The van der Waals surface area contributed by atoms with Gasteiger partial charge in [-0.1, -0.05) is 67.4 Å². The average Bonchev–Trinajstić information content (AvgIpc) is 3.54. The molecule has 1 saturated heterocycles. The minimum absolute atomic E-state index is 0.0567. The average molecular weight is 542 g/mol. The Morgan fingerprint density at radius 1 is 0.919 bits per heavy atom. The molecule has 0 spiro atoms. The number of hydrogen-bond acceptors (Lipinski definition) is 4. The molecule has 8 heteroatoms. The topological polar surface area (TPSA) is 59.4 Å². The van der Waals surface area contributed by atoms with Gasteiger partial charge in [0.05, 0.1) is 16.3 Å². The van der Waals surface area contributed by atoms with Crippen molar-refractivity contribution in [2.75, 3.05) is 13.1 Å². The van der Waals surface area contributed by atoms with Crippen molar-refractivity contribution < 1.29 is 9.53 Å². The van der Waals surface area contributed by atoms with Crippen LogP contribution in [-0.4, -0.2) is 39.7 Å². The first-order valence-corrected chi connectivity index (χ1v) is 14.2. The first-order valence-electron chi connectivity index (χ1n) is 13.4. The van der Waals surface area contributed by atoms with E-state index in [4.69, 9.17) is 33.0 Å². The normalized spacial score (nSPS) is 17.0. The molecule has 37 heavy (non-hydrogen) atoms. The van der Waals surface area contributed by atoms with Crippen LogP contribution in [0.15, 0.2) is 48.5 Å². The van der Waals surface area contributed by atoms with Crippen LogP contribution in [-0.2, 0) is 6.54 Å². The molecule has 196 valence electrons. The summed E-state index contributed by atoms with van der Waals surface area (Å²) in [4.78, 5) is 15.6. The van der Waals surface area contributed by atoms with Crippen molar-refractivity contribution in [1.82, 2.24) is 20.0 Å². The fraction of sp³-hybridized carbons (Fsp3) is 0.448. The summed E-state index contributed by atoms with van der Waals surface area (Å²) >= 11 is 12.7. The molecule has 6 nitrogen and oxygen atoms in total. The van der Waals surface area contributed by atoms with Gasteiger partial charge in [0.2, 0.25) is 5.88 Å². The molecule has 3 aromatic rings. The van der Waals surface area contributed by atoms with E-state index in [0.29, 0.717) is 45.6 Å². The third-order valence-corrected chi connectivity index (χ3v) is 7.89. The Labute approximate surface area is 228 Å². The van der Waals surface area contributed by atoms with E-state index in [0.717, 1.165) is 44.3 Å². The molecule has 1 aromatic heterocycles. The highest BCUT2D eigenvalue weighted by Crippen LogP contribution is 2.35. The number of nitrogens with one attached hydrogen (secondary N) is 1. The number of carbonyl (C=O) groups excluding carboxylic acids is 1. The summed E-state index contributed by atoms with van der Waals surface area (Å²) in [5, 5.41) is 9.76. The molecule has 1 amide bonds. The zero-order valence-electron chi connectivity index (χ0n) is 21.1. The van der Waals surface area contributed by atoms with Crippen molar-refractivity contribution in [3.8, 4) is 17.3 Å². The van der Waals surface area contributed by atoms with E-state index in [1.807, 2.05) is 41.3 Å². The molecule has 2 aromatic carbocycles. The molecule has 1 aliphatic carbocycles. The Morgan fingerprint density at radius 3 is 2.30 bits per heavy atom. The third kappa shape index (κ3) is 6.31. The number of carbonyl (C=O) groups is 1. The Hall–Kier alpha value is -2.54. The van der Waals surface area contributed by atoms with E-state index in [1.165, 1.54) is 32.1 Å². The molecular weight excluding hydrogens is 507 g/mol. The van der Waals surface area contributed by atoms with Gasteiger partial charge >= 0.3 is 0 Å². The number of ether oxygens (including phenoxy) is 1. The molecule has 0 atom stereocenters. The second-order valence-electron chi connectivity index (χ2n) is 9.97. The van der Waals surface area contributed by atoms with Crippen LogP contribution in [0.1, 0.15) is 73.8 Å². The Balaban J connectivity index is 1.56. The predicted molar refractivity (Wildman–Crippen MR) is 148 cm³/mol. The van der Waals surface area contributed by atoms with Crippen LogP contribution in [0.25, 0.3) is 5.69 Å². The minimum atomic E-state index is -0.0567. The van der Waals surface area contributed by atoms with Crippen LogP contribution in [0, 0.1) is 0 Å². The van der Waals surface area contributed by atoms with Gasteiger partial charge in [-0.3, -0.25) is 4.79 Å². The highest BCUT2D eigenvalue weighted by molar-refractivity contribution is 6.32. The van der Waals surface area contributed by atoms with E-state index in [2.05, 4.69) is 5.32 Å². The van der Waals surface area contributed by atoms with Crippen LogP contribution in [0.4, 0.5) is 0 Å². The summed E-state index contributed by atoms with van der Waals surface area (Å²) in [5.41, 5.74) is 1.85. The molecule has 0 bridgehead atoms. The first kappa shape index (κ1) is 26.1. The van der Waals surface area contributed by atoms with E-state index >= 15 is 0 Å². The summed E-state index contributed by atoms with van der Waals surface area (Å²) in [5.74, 6) is 1.06. The lowest BCUT2D eigenvalue weighted by Gasteiger charge is -2.22. The SMILES string of the molecule is O=C(c1nn(-c2ccccc2Cl)c(Oc2ccc(Cl)cc2)c1CNC1CCCCCCC1)N1CCCC1. The van der Waals surface area contributed by atoms with Crippen molar-refractivity contribution in [2.45, 2.75) is 70.4 Å². The lowest BCUT2D eigenvalue weighted by molar-refractivity contribution is 0.0785. The van der Waals surface area contributed by atoms with Crippen molar-refractivity contribution >= 4 is 29.1 Å². The molecule has 0 radical (unpaired) electrons. The molecule has 1 aliphatic heterocycles. The van der Waals surface area contributed by atoms with Crippen LogP contribution in [0.3, 0.4) is 0 Å². The van der Waals surface area contributed by atoms with Crippen LogP contribution >= 0.6 is 23.2 Å². The van der Waals surface area contributed by atoms with Crippen molar-refractivity contribution in [3.63, 3.8) is 0 Å². The van der Waals surface area contributed by atoms with Gasteiger partial charge in [-0.15, -0.1) is 0 Å². The molecule has 2 aliphatic rings. The van der Waals surface area contributed by atoms with E-state index in [1.54, 1.807) is 16.8 Å². The molecular formula is C29H34Cl2N4O2. The van der Waals surface area contributed by atoms with Gasteiger partial charge < -0.3 is 15.0 Å². The van der Waals surface area contributed by atoms with Gasteiger partial charge in [0, 0.05) is 30.7 Å². The van der Waals surface area contributed by atoms with Crippen LogP contribution < -0.4 is 10.1 Å². The molecule has 5 rings (SSSR count). The monoisotopic (exact) mass is 540 g/mol. The van der Waals surface area contributed by atoms with Gasteiger partial charge in [0.1, 0.15) is 5.75 Å². The summed E-state index contributed by atoms with van der Waals surface area (Å²) in [6.45, 7) is 1.99. The maximum absolute atomic E-state index is 13.7. The minimum Gasteiger partial charge on any atom is -0.439 e. The summed E-state index contributed by atoms with van der Waals surface area (Å²) in [6.07, 6.45) is 10.7. The fourth-order valence-electron chi connectivity index (χ4n) is 5.25. The second kappa shape index (κ2) is 12.3. The number of benzene rings is 2. The number of para-hydroxylation sites is 1. The number of rotatable bonds is 7. The molecule has 1 saturated carbocycles. The number of hydrogen-bond donors (Lipinski definition) is 1. The van der Waals surface area contributed by atoms with E-state index in [-0.39, 0.29) is 5.91 Å². The summed E-state index contributed by atoms with van der Waals surface area (Å²) in [6, 6.07) is 15.1.